The monoisotopic (exact) mass is 298 g/mol. The molecule has 0 fully saturated rings. The highest BCUT2D eigenvalue weighted by Gasteiger charge is 2.14. The maximum atomic E-state index is 12.9. The van der Waals surface area contributed by atoms with Crippen LogP contribution in [0.4, 0.5) is 10.4 Å². The second kappa shape index (κ2) is 5.77. The Bertz CT molecular complexity index is 905. The number of carbonyl (C=O) groups excluding carboxylic acids is 1. The number of nitrogens with zero attached hydrogens (tertiary/aromatic N) is 1. The summed E-state index contributed by atoms with van der Waals surface area (Å²) < 4.78 is 17.9. The van der Waals surface area contributed by atoms with E-state index in [2.05, 4.69) is 10.3 Å². The van der Waals surface area contributed by atoms with Gasteiger partial charge in [0.2, 0.25) is 0 Å². The van der Waals surface area contributed by atoms with E-state index in [1.165, 1.54) is 12.1 Å². The zero-order chi connectivity index (χ0) is 15.5. The molecule has 0 aliphatic rings. The first-order chi connectivity index (χ1) is 10.7. The molecule has 22 heavy (non-hydrogen) atoms. The molecule has 1 aromatic heterocycles. The SMILES string of the molecule is O=C(Nc1nc2ccccc2c(=O)o1)c1ccccc1CF. The van der Waals surface area contributed by atoms with Crippen LogP contribution >= 0.6 is 0 Å². The van der Waals surface area contributed by atoms with Crippen molar-refractivity contribution in [1.29, 1.82) is 0 Å². The van der Waals surface area contributed by atoms with Crippen molar-refractivity contribution in [2.75, 3.05) is 5.32 Å². The second-order valence-electron chi connectivity index (χ2n) is 4.57. The number of carbonyl (C=O) groups is 1. The van der Waals surface area contributed by atoms with Gasteiger partial charge in [0.25, 0.3) is 5.91 Å². The second-order valence-corrected chi connectivity index (χ2v) is 4.57. The van der Waals surface area contributed by atoms with Crippen molar-refractivity contribution in [3.8, 4) is 0 Å². The van der Waals surface area contributed by atoms with Crippen molar-refractivity contribution >= 4 is 22.8 Å². The van der Waals surface area contributed by atoms with Crippen LogP contribution in [0.2, 0.25) is 0 Å². The summed E-state index contributed by atoms with van der Waals surface area (Å²) in [6.45, 7) is -0.765. The summed E-state index contributed by atoms with van der Waals surface area (Å²) in [5, 5.41) is 2.71. The molecule has 0 spiro atoms. The number of benzene rings is 2. The quantitative estimate of drug-likeness (QED) is 0.807. The van der Waals surface area contributed by atoms with Gasteiger partial charge in [0, 0.05) is 5.56 Å². The van der Waals surface area contributed by atoms with E-state index < -0.39 is 18.2 Å². The van der Waals surface area contributed by atoms with Crippen LogP contribution in [0.15, 0.2) is 57.7 Å². The Balaban J connectivity index is 1.96. The lowest BCUT2D eigenvalue weighted by Crippen LogP contribution is -2.16. The van der Waals surface area contributed by atoms with Crippen LogP contribution in [0.3, 0.4) is 0 Å². The molecule has 0 radical (unpaired) electrons. The third-order valence-electron chi connectivity index (χ3n) is 3.16. The highest BCUT2D eigenvalue weighted by atomic mass is 19.1. The molecule has 1 amide bonds. The van der Waals surface area contributed by atoms with Gasteiger partial charge in [0.15, 0.2) is 0 Å². The average molecular weight is 298 g/mol. The van der Waals surface area contributed by atoms with Gasteiger partial charge in [0.1, 0.15) is 6.67 Å². The van der Waals surface area contributed by atoms with Crippen molar-refractivity contribution in [2.45, 2.75) is 6.67 Å². The molecule has 0 saturated carbocycles. The van der Waals surface area contributed by atoms with Gasteiger partial charge in [-0.05, 0) is 23.8 Å². The lowest BCUT2D eigenvalue weighted by atomic mass is 10.1. The molecule has 1 N–H and O–H groups in total. The minimum Gasteiger partial charge on any atom is -0.388 e. The predicted octanol–water partition coefficient (Wildman–Crippen LogP) is 2.91. The van der Waals surface area contributed by atoms with E-state index in [4.69, 9.17) is 4.42 Å². The Morgan fingerprint density at radius 1 is 1.14 bits per heavy atom. The number of alkyl halides is 1. The van der Waals surface area contributed by atoms with Crippen LogP contribution in [-0.2, 0) is 6.67 Å². The fourth-order valence-corrected chi connectivity index (χ4v) is 2.10. The Morgan fingerprint density at radius 2 is 1.86 bits per heavy atom. The standard InChI is InChI=1S/C16H11FN2O3/c17-9-10-5-1-2-6-11(10)14(20)19-16-18-13-8-4-3-7-12(13)15(21)22-16/h1-8H,9H2,(H,18,19,20). The van der Waals surface area contributed by atoms with Gasteiger partial charge in [-0.15, -0.1) is 0 Å². The smallest absolute Gasteiger partial charge is 0.348 e. The van der Waals surface area contributed by atoms with Gasteiger partial charge in [-0.1, -0.05) is 30.3 Å². The molecular weight excluding hydrogens is 287 g/mol. The summed E-state index contributed by atoms with van der Waals surface area (Å²) in [6.07, 6.45) is 0. The van der Waals surface area contributed by atoms with Gasteiger partial charge in [-0.2, -0.15) is 4.98 Å². The van der Waals surface area contributed by atoms with Gasteiger partial charge in [0.05, 0.1) is 10.9 Å². The highest BCUT2D eigenvalue weighted by molar-refractivity contribution is 6.04. The normalized spacial score (nSPS) is 10.6. The Kier molecular flexibility index (Phi) is 3.65. The largest absolute Gasteiger partial charge is 0.388 e. The summed E-state index contributed by atoms with van der Waals surface area (Å²) in [7, 11) is 0. The van der Waals surface area contributed by atoms with Crippen LogP contribution in [0, 0.1) is 0 Å². The Morgan fingerprint density at radius 3 is 2.68 bits per heavy atom. The maximum absolute atomic E-state index is 12.9. The van der Waals surface area contributed by atoms with E-state index in [1.54, 1.807) is 36.4 Å². The zero-order valence-electron chi connectivity index (χ0n) is 11.4. The molecule has 5 nitrogen and oxygen atoms in total. The number of fused-ring (bicyclic) bond motifs is 1. The predicted molar refractivity (Wildman–Crippen MR) is 79.5 cm³/mol. The molecule has 110 valence electrons. The Hall–Kier alpha value is -3.02. The van der Waals surface area contributed by atoms with E-state index in [9.17, 15) is 14.0 Å². The molecule has 0 atom stereocenters. The summed E-state index contributed by atoms with van der Waals surface area (Å²) in [5.74, 6) is -0.584. The molecule has 0 unspecified atom stereocenters. The molecule has 3 rings (SSSR count). The maximum Gasteiger partial charge on any atom is 0.348 e. The van der Waals surface area contributed by atoms with Gasteiger partial charge in [-0.3, -0.25) is 10.1 Å². The lowest BCUT2D eigenvalue weighted by molar-refractivity contribution is 0.102. The Labute approximate surface area is 124 Å². The molecule has 0 aliphatic carbocycles. The van der Waals surface area contributed by atoms with Crippen molar-refractivity contribution in [2.24, 2.45) is 0 Å². The number of anilines is 1. The van der Waals surface area contributed by atoms with Crippen molar-refractivity contribution in [3.63, 3.8) is 0 Å². The molecule has 1 heterocycles. The van der Waals surface area contributed by atoms with Crippen LogP contribution in [0.25, 0.3) is 10.9 Å². The lowest BCUT2D eigenvalue weighted by Gasteiger charge is -2.06. The van der Waals surface area contributed by atoms with E-state index in [0.29, 0.717) is 10.9 Å². The van der Waals surface area contributed by atoms with Crippen molar-refractivity contribution < 1.29 is 13.6 Å². The van der Waals surface area contributed by atoms with E-state index >= 15 is 0 Å². The number of aromatic nitrogens is 1. The van der Waals surface area contributed by atoms with Gasteiger partial charge >= 0.3 is 11.6 Å². The summed E-state index contributed by atoms with van der Waals surface area (Å²) >= 11 is 0. The van der Waals surface area contributed by atoms with Gasteiger partial charge < -0.3 is 4.42 Å². The van der Waals surface area contributed by atoms with Crippen LogP contribution in [0.1, 0.15) is 15.9 Å². The molecular formula is C16H11FN2O3. The van der Waals surface area contributed by atoms with Crippen LogP contribution < -0.4 is 10.9 Å². The number of amides is 1. The molecule has 0 bridgehead atoms. The third-order valence-corrected chi connectivity index (χ3v) is 3.16. The average Bonchev–Trinajstić information content (AvgIpc) is 2.55. The zero-order valence-corrected chi connectivity index (χ0v) is 11.4. The molecule has 2 aromatic carbocycles. The number of halogens is 1. The van der Waals surface area contributed by atoms with Crippen molar-refractivity contribution in [3.05, 3.63) is 70.1 Å². The summed E-state index contributed by atoms with van der Waals surface area (Å²) in [5.41, 5.74) is 0.234. The minimum absolute atomic E-state index is 0.169. The first-order valence-electron chi connectivity index (χ1n) is 6.54. The van der Waals surface area contributed by atoms with E-state index in [-0.39, 0.29) is 17.1 Å². The summed E-state index contributed by atoms with van der Waals surface area (Å²) in [4.78, 5) is 28.0. The number of rotatable bonds is 3. The third kappa shape index (κ3) is 2.58. The number of hydrogen-bond acceptors (Lipinski definition) is 4. The number of nitrogens with one attached hydrogen (secondary N) is 1. The fraction of sp³-hybridized carbons (Fsp3) is 0.0625. The topological polar surface area (TPSA) is 72.2 Å². The molecule has 3 aromatic rings. The van der Waals surface area contributed by atoms with E-state index in [0.717, 1.165) is 0 Å². The number of hydrogen-bond donors (Lipinski definition) is 1. The molecule has 0 aliphatic heterocycles. The van der Waals surface area contributed by atoms with Gasteiger partial charge in [-0.25, -0.2) is 9.18 Å². The van der Waals surface area contributed by atoms with Crippen molar-refractivity contribution in [1.82, 2.24) is 4.98 Å². The van der Waals surface area contributed by atoms with E-state index in [1.807, 2.05) is 0 Å². The first-order valence-corrected chi connectivity index (χ1v) is 6.54. The summed E-state index contributed by atoms with van der Waals surface area (Å²) in [6, 6.07) is 12.7. The van der Waals surface area contributed by atoms with Crippen LogP contribution in [-0.4, -0.2) is 10.9 Å². The molecule has 6 heteroatoms. The molecule has 0 saturated heterocycles. The highest BCUT2D eigenvalue weighted by Crippen LogP contribution is 2.14. The fourth-order valence-electron chi connectivity index (χ4n) is 2.10. The first kappa shape index (κ1) is 13.9. The minimum atomic E-state index is -0.765. The number of para-hydroxylation sites is 1. The van der Waals surface area contributed by atoms with Crippen LogP contribution in [0.5, 0.6) is 0 Å².